The minimum atomic E-state index is -0.985. The zero-order chi connectivity index (χ0) is 23.0. The zero-order valence-corrected chi connectivity index (χ0v) is 18.0. The van der Waals surface area contributed by atoms with Crippen LogP contribution in [-0.2, 0) is 16.0 Å². The molecule has 0 aliphatic heterocycles. The molecule has 0 aliphatic rings. The molecule has 3 aromatic carbocycles. The van der Waals surface area contributed by atoms with Crippen LogP contribution in [-0.4, -0.2) is 29.3 Å². The molecular formula is C27H23NO5. The van der Waals surface area contributed by atoms with Crippen LogP contribution in [0.2, 0.25) is 0 Å². The predicted molar refractivity (Wildman–Crippen MR) is 125 cm³/mol. The number of benzene rings is 3. The Bertz CT molecular complexity index is 1190. The van der Waals surface area contributed by atoms with Crippen molar-refractivity contribution in [2.24, 2.45) is 0 Å². The topological polar surface area (TPSA) is 77.9 Å². The van der Waals surface area contributed by atoms with Gasteiger partial charge in [0.2, 0.25) is 0 Å². The first-order chi connectivity index (χ1) is 16.1. The van der Waals surface area contributed by atoms with Gasteiger partial charge in [0, 0.05) is 32.0 Å². The number of methoxy groups -OCH3 is 1. The molecule has 0 bridgehead atoms. The Kier molecular flexibility index (Phi) is 6.97. The van der Waals surface area contributed by atoms with Crippen molar-refractivity contribution in [1.82, 2.24) is 4.98 Å². The molecular weight excluding hydrogens is 418 g/mol. The summed E-state index contributed by atoms with van der Waals surface area (Å²) < 4.78 is 16.9. The third-order valence-corrected chi connectivity index (χ3v) is 5.05. The van der Waals surface area contributed by atoms with Crippen molar-refractivity contribution in [1.29, 1.82) is 0 Å². The van der Waals surface area contributed by atoms with E-state index in [1.165, 1.54) is 7.11 Å². The molecule has 33 heavy (non-hydrogen) atoms. The van der Waals surface area contributed by atoms with Gasteiger partial charge in [-0.1, -0.05) is 30.3 Å². The number of carboxylic acids is 1. The van der Waals surface area contributed by atoms with E-state index in [1.54, 1.807) is 24.5 Å². The van der Waals surface area contributed by atoms with Crippen LogP contribution in [0.3, 0.4) is 0 Å². The van der Waals surface area contributed by atoms with Crippen LogP contribution in [0, 0.1) is 0 Å². The van der Waals surface area contributed by atoms with E-state index >= 15 is 0 Å². The van der Waals surface area contributed by atoms with Crippen molar-refractivity contribution in [3.63, 3.8) is 0 Å². The average molecular weight is 441 g/mol. The standard InChI is InChI=1S/C27H23NO5/c1-31-26(27(29)30)17-19-5-9-22(10-6-19)32-24-3-2-4-25(18-24)33-23-11-7-20(8-12-23)21-13-15-28-16-14-21/h2-16,18,26H,17H2,1H3,(H,29,30)/t26-/m0/s1. The smallest absolute Gasteiger partial charge is 0.333 e. The first-order valence-corrected chi connectivity index (χ1v) is 10.4. The minimum absolute atomic E-state index is 0.287. The fraction of sp³-hybridized carbons (Fsp3) is 0.111. The van der Waals surface area contributed by atoms with Gasteiger partial charge in [0.15, 0.2) is 6.10 Å². The third kappa shape index (κ3) is 5.96. The third-order valence-electron chi connectivity index (χ3n) is 5.05. The Hall–Kier alpha value is -4.16. The van der Waals surface area contributed by atoms with E-state index in [4.69, 9.17) is 19.3 Å². The van der Waals surface area contributed by atoms with Gasteiger partial charge < -0.3 is 19.3 Å². The van der Waals surface area contributed by atoms with Gasteiger partial charge in [-0.05, 0) is 65.2 Å². The Labute approximate surface area is 192 Å². The molecule has 1 N–H and O–H groups in total. The molecule has 6 heteroatoms. The van der Waals surface area contributed by atoms with E-state index in [9.17, 15) is 4.79 Å². The lowest BCUT2D eigenvalue weighted by molar-refractivity contribution is -0.148. The van der Waals surface area contributed by atoms with E-state index in [2.05, 4.69) is 4.98 Å². The highest BCUT2D eigenvalue weighted by atomic mass is 16.5. The van der Waals surface area contributed by atoms with Crippen molar-refractivity contribution >= 4 is 5.97 Å². The number of carbonyl (C=O) groups is 1. The molecule has 1 aromatic heterocycles. The SMILES string of the molecule is CO[C@@H](Cc1ccc(Oc2cccc(Oc3ccc(-c4ccncc4)cc3)c2)cc1)C(=O)O. The van der Waals surface area contributed by atoms with E-state index in [0.717, 1.165) is 22.4 Å². The summed E-state index contributed by atoms with van der Waals surface area (Å²) in [6, 6.07) is 26.4. The maximum Gasteiger partial charge on any atom is 0.333 e. The molecule has 6 nitrogen and oxygen atoms in total. The lowest BCUT2D eigenvalue weighted by Gasteiger charge is -2.12. The quantitative estimate of drug-likeness (QED) is 0.344. The van der Waals surface area contributed by atoms with E-state index in [-0.39, 0.29) is 6.42 Å². The van der Waals surface area contributed by atoms with Crippen LogP contribution in [0.15, 0.2) is 97.3 Å². The van der Waals surface area contributed by atoms with Crippen LogP contribution in [0.4, 0.5) is 0 Å². The van der Waals surface area contributed by atoms with E-state index in [0.29, 0.717) is 17.2 Å². The van der Waals surface area contributed by atoms with Gasteiger partial charge in [-0.3, -0.25) is 4.98 Å². The van der Waals surface area contributed by atoms with Gasteiger partial charge in [-0.15, -0.1) is 0 Å². The highest BCUT2D eigenvalue weighted by molar-refractivity contribution is 5.72. The van der Waals surface area contributed by atoms with Gasteiger partial charge >= 0.3 is 5.97 Å². The number of rotatable bonds is 9. The number of nitrogens with zero attached hydrogens (tertiary/aromatic N) is 1. The summed E-state index contributed by atoms with van der Waals surface area (Å²) in [7, 11) is 1.39. The normalized spacial score (nSPS) is 11.5. The first-order valence-electron chi connectivity index (χ1n) is 10.4. The molecule has 0 radical (unpaired) electrons. The van der Waals surface area contributed by atoms with Crippen LogP contribution in [0.25, 0.3) is 11.1 Å². The maximum absolute atomic E-state index is 11.1. The maximum atomic E-state index is 11.1. The van der Waals surface area contributed by atoms with Crippen LogP contribution >= 0.6 is 0 Å². The molecule has 0 saturated carbocycles. The second-order valence-electron chi connectivity index (χ2n) is 7.35. The first kappa shape index (κ1) is 22.0. The van der Waals surface area contributed by atoms with Gasteiger partial charge in [0.05, 0.1) is 0 Å². The molecule has 4 aromatic rings. The second kappa shape index (κ2) is 10.4. The van der Waals surface area contributed by atoms with E-state index in [1.807, 2.05) is 72.8 Å². The lowest BCUT2D eigenvalue weighted by atomic mass is 10.1. The summed E-state index contributed by atoms with van der Waals surface area (Å²) in [5.41, 5.74) is 3.04. The average Bonchev–Trinajstić information content (AvgIpc) is 2.84. The summed E-state index contributed by atoms with van der Waals surface area (Å²) in [4.78, 5) is 15.2. The Morgan fingerprint density at radius 2 is 1.33 bits per heavy atom. The zero-order valence-electron chi connectivity index (χ0n) is 18.0. The predicted octanol–water partition coefficient (Wildman–Crippen LogP) is 5.98. The summed E-state index contributed by atoms with van der Waals surface area (Å²) in [5, 5.41) is 9.12. The van der Waals surface area contributed by atoms with Crippen molar-refractivity contribution < 1.29 is 24.1 Å². The largest absolute Gasteiger partial charge is 0.479 e. The monoisotopic (exact) mass is 441 g/mol. The molecule has 0 fully saturated rings. The molecule has 0 unspecified atom stereocenters. The number of ether oxygens (including phenoxy) is 3. The molecule has 0 spiro atoms. The van der Waals surface area contributed by atoms with Crippen molar-refractivity contribution in [2.45, 2.75) is 12.5 Å². The molecule has 166 valence electrons. The number of carboxylic acid groups (broad SMARTS) is 1. The number of hydrogen-bond donors (Lipinski definition) is 1. The van der Waals surface area contributed by atoms with Crippen LogP contribution in [0.1, 0.15) is 5.56 Å². The fourth-order valence-corrected chi connectivity index (χ4v) is 3.31. The number of aromatic nitrogens is 1. The van der Waals surface area contributed by atoms with Gasteiger partial charge in [-0.2, -0.15) is 0 Å². The summed E-state index contributed by atoms with van der Waals surface area (Å²) in [6.07, 6.45) is 2.95. The Morgan fingerprint density at radius 3 is 1.88 bits per heavy atom. The fourth-order valence-electron chi connectivity index (χ4n) is 3.31. The molecule has 0 aliphatic carbocycles. The van der Waals surface area contributed by atoms with Crippen molar-refractivity contribution in [3.8, 4) is 34.1 Å². The highest BCUT2D eigenvalue weighted by Gasteiger charge is 2.16. The molecule has 1 heterocycles. The lowest BCUT2D eigenvalue weighted by Crippen LogP contribution is -2.24. The van der Waals surface area contributed by atoms with Crippen molar-refractivity contribution in [3.05, 3.63) is 103 Å². The molecule has 1 atom stereocenters. The minimum Gasteiger partial charge on any atom is -0.479 e. The molecule has 4 rings (SSSR count). The molecule has 0 saturated heterocycles. The molecule has 0 amide bonds. The van der Waals surface area contributed by atoms with Gasteiger partial charge in [-0.25, -0.2) is 4.79 Å². The van der Waals surface area contributed by atoms with E-state index < -0.39 is 12.1 Å². The highest BCUT2D eigenvalue weighted by Crippen LogP contribution is 2.30. The van der Waals surface area contributed by atoms with Crippen LogP contribution < -0.4 is 9.47 Å². The summed E-state index contributed by atoms with van der Waals surface area (Å²) >= 11 is 0. The number of pyridine rings is 1. The van der Waals surface area contributed by atoms with Crippen molar-refractivity contribution in [2.75, 3.05) is 7.11 Å². The number of aliphatic carboxylic acids is 1. The Morgan fingerprint density at radius 1 is 0.788 bits per heavy atom. The summed E-state index contributed by atoms with van der Waals surface area (Å²) in [5.74, 6) is 1.67. The van der Waals surface area contributed by atoms with Gasteiger partial charge in [0.25, 0.3) is 0 Å². The van der Waals surface area contributed by atoms with Gasteiger partial charge in [0.1, 0.15) is 23.0 Å². The second-order valence-corrected chi connectivity index (χ2v) is 7.35. The Balaban J connectivity index is 1.39. The van der Waals surface area contributed by atoms with Crippen LogP contribution in [0.5, 0.6) is 23.0 Å². The number of hydrogen-bond acceptors (Lipinski definition) is 5. The summed E-state index contributed by atoms with van der Waals surface area (Å²) in [6.45, 7) is 0.